The number of hydrogen-bond donors (Lipinski definition) is 1. The molecule has 1 aromatic carbocycles. The van der Waals surface area contributed by atoms with E-state index in [-0.39, 0.29) is 11.0 Å². The molecule has 0 radical (unpaired) electrons. The van der Waals surface area contributed by atoms with Gasteiger partial charge in [0.05, 0.1) is 18.0 Å². The predicted octanol–water partition coefficient (Wildman–Crippen LogP) is 7.39. The summed E-state index contributed by atoms with van der Waals surface area (Å²) in [6.45, 7) is 21.6. The number of nitrogens with zero attached hydrogens (tertiary/aromatic N) is 3. The monoisotopic (exact) mass is 556 g/mol. The fourth-order valence-corrected chi connectivity index (χ4v) is 4.02. The van der Waals surface area contributed by atoms with Crippen molar-refractivity contribution in [1.82, 2.24) is 9.88 Å². The highest BCUT2D eigenvalue weighted by Crippen LogP contribution is 2.37. The molecule has 0 aliphatic heterocycles. The number of carbonyl (C=O) groups excluding carboxylic acids is 2. The molecule has 0 unspecified atom stereocenters. The fourth-order valence-electron chi connectivity index (χ4n) is 3.07. The number of benzene rings is 1. The van der Waals surface area contributed by atoms with Gasteiger partial charge in [-0.2, -0.15) is 0 Å². The Labute approximate surface area is 233 Å². The first kappa shape index (κ1) is 32.0. The number of guanidine groups is 1. The van der Waals surface area contributed by atoms with Crippen molar-refractivity contribution in [2.45, 2.75) is 98.3 Å². The quantitative estimate of drug-likeness (QED) is 0.232. The number of aliphatic imine (C=N–C) groups is 1. The third-order valence-electron chi connectivity index (χ3n) is 6.03. The average Bonchev–Trinajstić information content (AvgIpc) is 2.75. The van der Waals surface area contributed by atoms with Crippen LogP contribution in [0.2, 0.25) is 18.1 Å². The molecule has 9 nitrogen and oxygen atoms in total. The van der Waals surface area contributed by atoms with Gasteiger partial charge in [0.2, 0.25) is 5.96 Å². The Morgan fingerprint density at radius 1 is 0.923 bits per heavy atom. The van der Waals surface area contributed by atoms with E-state index < -0.39 is 31.7 Å². The molecule has 0 saturated heterocycles. The van der Waals surface area contributed by atoms with E-state index in [1.807, 2.05) is 18.2 Å². The molecule has 0 saturated carbocycles. The van der Waals surface area contributed by atoms with Crippen LogP contribution >= 0.6 is 0 Å². The Kier molecular flexibility index (Phi) is 9.73. The zero-order valence-electron chi connectivity index (χ0n) is 25.2. The van der Waals surface area contributed by atoms with Gasteiger partial charge in [0.1, 0.15) is 11.2 Å². The van der Waals surface area contributed by atoms with Crippen LogP contribution in [0.4, 0.5) is 15.3 Å². The second-order valence-corrected chi connectivity index (χ2v) is 17.7. The van der Waals surface area contributed by atoms with Gasteiger partial charge in [0.15, 0.2) is 8.32 Å². The highest BCUT2D eigenvalue weighted by molar-refractivity contribution is 6.74. The predicted molar refractivity (Wildman–Crippen MR) is 157 cm³/mol. The van der Waals surface area contributed by atoms with Crippen LogP contribution in [0.3, 0.4) is 0 Å². The van der Waals surface area contributed by atoms with Crippen molar-refractivity contribution in [1.29, 1.82) is 0 Å². The minimum Gasteiger partial charge on any atom is -0.443 e. The molecule has 0 atom stereocenters. The number of imide groups is 1. The number of rotatable bonds is 5. The summed E-state index contributed by atoms with van der Waals surface area (Å²) in [7, 11) is -1.97. The summed E-state index contributed by atoms with van der Waals surface area (Å²) in [5.74, 6) is -0.377. The van der Waals surface area contributed by atoms with Crippen molar-refractivity contribution in [2.75, 3.05) is 0 Å². The highest BCUT2D eigenvalue weighted by atomic mass is 28.4. The van der Waals surface area contributed by atoms with Gasteiger partial charge in [-0.1, -0.05) is 39.0 Å². The molecule has 0 bridgehead atoms. The lowest BCUT2D eigenvalue weighted by molar-refractivity contribution is 0.0145. The van der Waals surface area contributed by atoms with Crippen LogP contribution in [0.25, 0.3) is 11.3 Å². The summed E-state index contributed by atoms with van der Waals surface area (Å²) in [6, 6.07) is 11.1. The number of hydrogen-bond acceptors (Lipinski definition) is 7. The van der Waals surface area contributed by atoms with Crippen LogP contribution in [0, 0.1) is 0 Å². The van der Waals surface area contributed by atoms with Crippen molar-refractivity contribution < 1.29 is 23.5 Å². The van der Waals surface area contributed by atoms with Crippen molar-refractivity contribution in [3.63, 3.8) is 0 Å². The normalized spacial score (nSPS) is 13.2. The van der Waals surface area contributed by atoms with Crippen LogP contribution in [-0.2, 0) is 20.5 Å². The third-order valence-corrected chi connectivity index (χ3v) is 10.5. The molecule has 0 fully saturated rings. The first-order chi connectivity index (χ1) is 17.7. The second kappa shape index (κ2) is 11.9. The molecule has 39 heavy (non-hydrogen) atoms. The van der Waals surface area contributed by atoms with Gasteiger partial charge in [-0.15, -0.1) is 4.90 Å². The summed E-state index contributed by atoms with van der Waals surface area (Å²) in [5.41, 5.74) is 7.37. The van der Waals surface area contributed by atoms with Gasteiger partial charge >= 0.3 is 12.2 Å². The van der Waals surface area contributed by atoms with E-state index in [2.05, 4.69) is 43.8 Å². The maximum atomic E-state index is 12.9. The molecule has 2 rings (SSSR count). The van der Waals surface area contributed by atoms with Gasteiger partial charge in [-0.05, 0) is 77.9 Å². The smallest absolute Gasteiger partial charge is 0.427 e. The number of nitrogens with two attached hydrogens (primary N) is 1. The standard InChI is InChI=1S/C29H44N4O5Si/c1-27(2,3)37-25(34)33(26(35)38-28(4,5)6)24(30)32-22-16-12-14-20(18-22)23-21(15-13-17-31-23)19-36-39(10,11)29(7,8)9/h12-18H,19H2,1-11H3,(H2,30,32). The van der Waals surface area contributed by atoms with E-state index in [1.54, 1.807) is 65.9 Å². The van der Waals surface area contributed by atoms with E-state index in [0.29, 0.717) is 17.2 Å². The SMILES string of the molecule is CC(C)(C)OC(=O)N(C(=O)OC(C)(C)C)C(N)=Nc1cccc(-c2ncccc2CO[Si](C)(C)C(C)(C)C)c1. The molecule has 2 amide bonds. The van der Waals surface area contributed by atoms with E-state index in [4.69, 9.17) is 19.6 Å². The molecule has 0 aliphatic carbocycles. The number of carbonyl (C=O) groups is 2. The van der Waals surface area contributed by atoms with Crippen LogP contribution in [0.1, 0.15) is 67.9 Å². The van der Waals surface area contributed by atoms with Gasteiger partial charge in [0.25, 0.3) is 0 Å². The third kappa shape index (κ3) is 9.47. The molecular formula is C29H44N4O5Si. The van der Waals surface area contributed by atoms with Crippen molar-refractivity contribution in [2.24, 2.45) is 10.7 Å². The van der Waals surface area contributed by atoms with E-state index in [0.717, 1.165) is 16.8 Å². The largest absolute Gasteiger partial charge is 0.443 e. The number of pyridine rings is 1. The van der Waals surface area contributed by atoms with E-state index in [1.165, 1.54) is 0 Å². The fraction of sp³-hybridized carbons (Fsp3) is 0.517. The lowest BCUT2D eigenvalue weighted by Gasteiger charge is -2.36. The highest BCUT2D eigenvalue weighted by Gasteiger charge is 2.37. The lowest BCUT2D eigenvalue weighted by Crippen LogP contribution is -2.49. The molecule has 1 aromatic heterocycles. The first-order valence-electron chi connectivity index (χ1n) is 13.0. The summed E-state index contributed by atoms with van der Waals surface area (Å²) < 4.78 is 17.2. The number of ether oxygens (including phenoxy) is 2. The van der Waals surface area contributed by atoms with E-state index in [9.17, 15) is 9.59 Å². The molecule has 214 valence electrons. The molecule has 10 heteroatoms. The molecule has 2 aromatic rings. The number of aromatic nitrogens is 1. The minimum atomic E-state index is -1.97. The van der Waals surface area contributed by atoms with Crippen LogP contribution in [0.5, 0.6) is 0 Å². The Hall–Kier alpha value is -3.24. The Balaban J connectivity index is 2.43. The molecule has 2 N–H and O–H groups in total. The minimum absolute atomic E-state index is 0.0790. The van der Waals surface area contributed by atoms with Gasteiger partial charge in [0, 0.05) is 17.3 Å². The van der Waals surface area contributed by atoms with Crippen LogP contribution in [0.15, 0.2) is 47.6 Å². The molecule has 0 aliphatic rings. The molecule has 1 heterocycles. The lowest BCUT2D eigenvalue weighted by atomic mass is 10.1. The summed E-state index contributed by atoms with van der Waals surface area (Å²) in [6.07, 6.45) is -0.241. The van der Waals surface area contributed by atoms with E-state index >= 15 is 0 Å². The number of amides is 2. The van der Waals surface area contributed by atoms with Gasteiger partial charge < -0.3 is 19.6 Å². The maximum absolute atomic E-state index is 12.9. The topological polar surface area (TPSA) is 116 Å². The summed E-state index contributed by atoms with van der Waals surface area (Å²) >= 11 is 0. The van der Waals surface area contributed by atoms with Crippen molar-refractivity contribution >= 4 is 32.2 Å². The Morgan fingerprint density at radius 2 is 1.49 bits per heavy atom. The van der Waals surface area contributed by atoms with Crippen molar-refractivity contribution in [3.8, 4) is 11.3 Å². The Bertz CT molecular complexity index is 1180. The summed E-state index contributed by atoms with van der Waals surface area (Å²) in [4.78, 5) is 35.4. The summed E-state index contributed by atoms with van der Waals surface area (Å²) in [5, 5.41) is 0.0790. The van der Waals surface area contributed by atoms with Crippen LogP contribution in [-0.4, -0.2) is 47.5 Å². The van der Waals surface area contributed by atoms with Gasteiger partial charge in [-0.25, -0.2) is 14.6 Å². The average molecular weight is 557 g/mol. The zero-order valence-corrected chi connectivity index (χ0v) is 26.2. The van der Waals surface area contributed by atoms with Crippen molar-refractivity contribution in [3.05, 3.63) is 48.2 Å². The maximum Gasteiger partial charge on any atom is 0.427 e. The Morgan fingerprint density at radius 3 is 2.00 bits per heavy atom. The van der Waals surface area contributed by atoms with Gasteiger partial charge in [-0.3, -0.25) is 4.98 Å². The zero-order chi connectivity index (χ0) is 29.8. The van der Waals surface area contributed by atoms with Crippen LogP contribution < -0.4 is 5.73 Å². The molecule has 0 spiro atoms. The second-order valence-electron chi connectivity index (χ2n) is 12.9. The first-order valence-corrected chi connectivity index (χ1v) is 15.9. The molecular weight excluding hydrogens is 512 g/mol.